The van der Waals surface area contributed by atoms with Crippen molar-refractivity contribution >= 4 is 17.6 Å². The second-order valence-electron chi connectivity index (χ2n) is 6.34. The summed E-state index contributed by atoms with van der Waals surface area (Å²) in [6.45, 7) is 3.22. The molecule has 1 aliphatic rings. The van der Waals surface area contributed by atoms with Crippen molar-refractivity contribution < 1.29 is 19.1 Å². The van der Waals surface area contributed by atoms with Crippen LogP contribution in [-0.4, -0.2) is 55.3 Å². The number of Topliss-reactive ketones (excluding diaryl/α,β-unsaturated/α-hetero) is 1. The molecule has 1 aromatic rings. The highest BCUT2D eigenvalue weighted by molar-refractivity contribution is 5.94. The van der Waals surface area contributed by atoms with Gasteiger partial charge < -0.3 is 15.8 Å². The first-order chi connectivity index (χ1) is 11.9. The second-order valence-corrected chi connectivity index (χ2v) is 6.34. The van der Waals surface area contributed by atoms with Crippen molar-refractivity contribution in [1.29, 1.82) is 0 Å². The van der Waals surface area contributed by atoms with Gasteiger partial charge in [0, 0.05) is 30.3 Å². The largest absolute Gasteiger partial charge is 0.496 e. The van der Waals surface area contributed by atoms with Crippen molar-refractivity contribution in [2.45, 2.75) is 32.2 Å². The Morgan fingerprint density at radius 3 is 2.52 bits per heavy atom. The molecule has 2 rings (SSSR count). The molecular weight excluding hydrogens is 322 g/mol. The van der Waals surface area contributed by atoms with Crippen LogP contribution in [-0.2, 0) is 16.0 Å². The van der Waals surface area contributed by atoms with Crippen LogP contribution in [0.1, 0.15) is 35.7 Å². The Balaban J connectivity index is 1.91. The number of likely N-dealkylation sites (tertiary alicyclic amines) is 1. The van der Waals surface area contributed by atoms with E-state index in [1.54, 1.807) is 25.3 Å². The average Bonchev–Trinajstić information content (AvgIpc) is 2.56. The molecule has 1 saturated heterocycles. The number of primary amides is 1. The molecular formula is C18H25N3O4. The first-order valence-electron chi connectivity index (χ1n) is 8.37. The van der Waals surface area contributed by atoms with Crippen molar-refractivity contribution in [2.24, 2.45) is 5.73 Å². The normalized spacial score (nSPS) is 15.6. The van der Waals surface area contributed by atoms with Crippen LogP contribution in [0.3, 0.4) is 0 Å². The molecule has 7 nitrogen and oxygen atoms in total. The van der Waals surface area contributed by atoms with Crippen molar-refractivity contribution in [3.05, 3.63) is 29.3 Å². The van der Waals surface area contributed by atoms with Crippen LogP contribution in [0, 0.1) is 0 Å². The number of carbonyl (C=O) groups is 3. The number of methoxy groups -OCH3 is 1. The number of ether oxygens (including phenoxy) is 1. The zero-order valence-corrected chi connectivity index (χ0v) is 14.7. The van der Waals surface area contributed by atoms with E-state index in [9.17, 15) is 14.4 Å². The molecule has 0 bridgehead atoms. The van der Waals surface area contributed by atoms with Gasteiger partial charge in [-0.2, -0.15) is 0 Å². The van der Waals surface area contributed by atoms with E-state index in [4.69, 9.17) is 10.5 Å². The van der Waals surface area contributed by atoms with E-state index in [0.717, 1.165) is 25.9 Å². The first kappa shape index (κ1) is 18.9. The highest BCUT2D eigenvalue weighted by Gasteiger charge is 2.22. The summed E-state index contributed by atoms with van der Waals surface area (Å²) in [5.74, 6) is 0.106. The summed E-state index contributed by atoms with van der Waals surface area (Å²) in [4.78, 5) is 36.8. The van der Waals surface area contributed by atoms with Crippen LogP contribution in [0.4, 0.5) is 0 Å². The summed E-state index contributed by atoms with van der Waals surface area (Å²) >= 11 is 0. The summed E-state index contributed by atoms with van der Waals surface area (Å²) in [5, 5.41) is 3.02. The van der Waals surface area contributed by atoms with Crippen LogP contribution in [0.25, 0.3) is 0 Å². The molecule has 0 radical (unpaired) electrons. The highest BCUT2D eigenvalue weighted by atomic mass is 16.5. The summed E-state index contributed by atoms with van der Waals surface area (Å²) in [6.07, 6.45) is 1.72. The smallest absolute Gasteiger partial charge is 0.231 e. The number of piperidine rings is 1. The average molecular weight is 347 g/mol. The highest BCUT2D eigenvalue weighted by Crippen LogP contribution is 2.21. The molecule has 3 N–H and O–H groups in total. The van der Waals surface area contributed by atoms with Gasteiger partial charge in [0.25, 0.3) is 0 Å². The van der Waals surface area contributed by atoms with E-state index < -0.39 is 0 Å². The Morgan fingerprint density at radius 2 is 1.96 bits per heavy atom. The molecule has 7 heteroatoms. The van der Waals surface area contributed by atoms with E-state index >= 15 is 0 Å². The lowest BCUT2D eigenvalue weighted by Crippen LogP contribution is -2.47. The fourth-order valence-electron chi connectivity index (χ4n) is 3.04. The number of nitrogens with one attached hydrogen (secondary N) is 1. The molecule has 136 valence electrons. The molecule has 1 heterocycles. The number of carbonyl (C=O) groups excluding carboxylic acids is 3. The van der Waals surface area contributed by atoms with Crippen LogP contribution in [0.2, 0.25) is 0 Å². The van der Waals surface area contributed by atoms with Gasteiger partial charge in [-0.05, 0) is 38.0 Å². The molecule has 0 unspecified atom stereocenters. The molecule has 0 atom stereocenters. The lowest BCUT2D eigenvalue weighted by atomic mass is 10.0. The predicted molar refractivity (Wildman–Crippen MR) is 93.5 cm³/mol. The maximum Gasteiger partial charge on any atom is 0.231 e. The third-order valence-electron chi connectivity index (χ3n) is 4.37. The molecule has 0 saturated carbocycles. The number of amides is 2. The van der Waals surface area contributed by atoms with Crippen molar-refractivity contribution in [1.82, 2.24) is 10.2 Å². The van der Waals surface area contributed by atoms with Gasteiger partial charge in [0.15, 0.2) is 5.78 Å². The van der Waals surface area contributed by atoms with Gasteiger partial charge in [-0.25, -0.2) is 0 Å². The van der Waals surface area contributed by atoms with Gasteiger partial charge in [-0.1, -0.05) is 0 Å². The predicted octanol–water partition coefficient (Wildman–Crippen LogP) is 0.506. The molecule has 2 amide bonds. The maximum absolute atomic E-state index is 12.3. The van der Waals surface area contributed by atoms with Crippen LogP contribution >= 0.6 is 0 Å². The van der Waals surface area contributed by atoms with Crippen molar-refractivity contribution in [2.75, 3.05) is 26.7 Å². The summed E-state index contributed by atoms with van der Waals surface area (Å²) in [7, 11) is 1.54. The Kier molecular flexibility index (Phi) is 6.52. The number of benzene rings is 1. The number of nitrogens with zero attached hydrogens (tertiary/aromatic N) is 1. The van der Waals surface area contributed by atoms with E-state index in [0.29, 0.717) is 16.9 Å². The minimum absolute atomic E-state index is 0.0499. The molecule has 0 aliphatic carbocycles. The standard InChI is InChI=1S/C18H25N3O4/c1-12(22)13-3-4-16(25-2)14(9-13)10-18(24)20-15-5-7-21(8-6-15)11-17(19)23/h3-4,9,15H,5-8,10-11H2,1-2H3,(H2,19,23)(H,20,24). The van der Waals surface area contributed by atoms with E-state index in [2.05, 4.69) is 5.32 Å². The van der Waals surface area contributed by atoms with E-state index in [1.165, 1.54) is 6.92 Å². The van der Waals surface area contributed by atoms with Crippen molar-refractivity contribution in [3.63, 3.8) is 0 Å². The molecule has 1 aliphatic heterocycles. The zero-order valence-electron chi connectivity index (χ0n) is 14.7. The van der Waals surface area contributed by atoms with Crippen molar-refractivity contribution in [3.8, 4) is 5.75 Å². The maximum atomic E-state index is 12.3. The Labute approximate surface area is 147 Å². The number of ketones is 1. The topological polar surface area (TPSA) is 102 Å². The molecule has 1 fully saturated rings. The fourth-order valence-corrected chi connectivity index (χ4v) is 3.04. The monoisotopic (exact) mass is 347 g/mol. The summed E-state index contributed by atoms with van der Waals surface area (Å²) in [6, 6.07) is 5.19. The fraction of sp³-hybridized carbons (Fsp3) is 0.500. The van der Waals surface area contributed by atoms with Crippen LogP contribution < -0.4 is 15.8 Å². The number of hydrogen-bond donors (Lipinski definition) is 2. The van der Waals surface area contributed by atoms with Gasteiger partial charge in [0.05, 0.1) is 20.1 Å². The number of hydrogen-bond acceptors (Lipinski definition) is 5. The quantitative estimate of drug-likeness (QED) is 0.700. The third kappa shape index (κ3) is 5.56. The van der Waals surface area contributed by atoms with Gasteiger partial charge in [-0.15, -0.1) is 0 Å². The van der Waals surface area contributed by atoms with Gasteiger partial charge in [0.2, 0.25) is 11.8 Å². The first-order valence-corrected chi connectivity index (χ1v) is 8.37. The minimum atomic E-state index is -0.333. The van der Waals surface area contributed by atoms with E-state index in [-0.39, 0.29) is 36.6 Å². The summed E-state index contributed by atoms with van der Waals surface area (Å²) < 4.78 is 5.28. The molecule has 0 aromatic heterocycles. The SMILES string of the molecule is COc1ccc(C(C)=O)cc1CC(=O)NC1CCN(CC(N)=O)CC1. The summed E-state index contributed by atoms with van der Waals surface area (Å²) in [5.41, 5.74) is 6.45. The zero-order chi connectivity index (χ0) is 18.4. The lowest BCUT2D eigenvalue weighted by Gasteiger charge is -2.31. The Hall–Kier alpha value is -2.41. The van der Waals surface area contributed by atoms with E-state index in [1.807, 2.05) is 4.90 Å². The molecule has 25 heavy (non-hydrogen) atoms. The van der Waals surface area contributed by atoms with Gasteiger partial charge >= 0.3 is 0 Å². The number of rotatable bonds is 7. The number of nitrogens with two attached hydrogens (primary N) is 1. The Morgan fingerprint density at radius 1 is 1.28 bits per heavy atom. The molecule has 0 spiro atoms. The van der Waals surface area contributed by atoms with Gasteiger partial charge in [-0.3, -0.25) is 19.3 Å². The third-order valence-corrected chi connectivity index (χ3v) is 4.37. The Bertz CT molecular complexity index is 652. The van der Waals surface area contributed by atoms with Crippen LogP contribution in [0.5, 0.6) is 5.75 Å². The second kappa shape index (κ2) is 8.62. The lowest BCUT2D eigenvalue weighted by molar-refractivity contribution is -0.122. The molecule has 1 aromatic carbocycles. The minimum Gasteiger partial charge on any atom is -0.496 e. The van der Waals surface area contributed by atoms with Gasteiger partial charge in [0.1, 0.15) is 5.75 Å². The van der Waals surface area contributed by atoms with Crippen LogP contribution in [0.15, 0.2) is 18.2 Å².